The second kappa shape index (κ2) is 5.41. The molecular weight excluding hydrogens is 331 g/mol. The average Bonchev–Trinajstić information content (AvgIpc) is 2.49. The van der Waals surface area contributed by atoms with E-state index in [1.807, 2.05) is 43.3 Å². The van der Waals surface area contributed by atoms with Gasteiger partial charge in [0.25, 0.3) is 0 Å². The highest BCUT2D eigenvalue weighted by atomic mass is 79.9. The molecular formula is C18H12BrFO. The smallest absolute Gasteiger partial charge is 0.196 e. The molecule has 0 N–H and O–H groups in total. The molecule has 0 aliphatic heterocycles. The summed E-state index contributed by atoms with van der Waals surface area (Å²) in [5.74, 6) is -0.807. The van der Waals surface area contributed by atoms with E-state index in [1.54, 1.807) is 12.1 Å². The molecule has 0 unspecified atom stereocenters. The summed E-state index contributed by atoms with van der Waals surface area (Å²) in [4.78, 5) is 12.8. The third-order valence-corrected chi connectivity index (χ3v) is 4.17. The second-order valence-electron chi connectivity index (χ2n) is 4.91. The van der Waals surface area contributed by atoms with Gasteiger partial charge >= 0.3 is 0 Å². The van der Waals surface area contributed by atoms with Gasteiger partial charge in [-0.25, -0.2) is 4.39 Å². The summed E-state index contributed by atoms with van der Waals surface area (Å²) < 4.78 is 14.5. The van der Waals surface area contributed by atoms with Gasteiger partial charge in [0.05, 0.1) is 10.0 Å². The van der Waals surface area contributed by atoms with Crippen molar-refractivity contribution in [2.24, 2.45) is 0 Å². The fourth-order valence-electron chi connectivity index (χ4n) is 2.50. The number of aryl methyl sites for hydroxylation is 1. The van der Waals surface area contributed by atoms with Gasteiger partial charge in [-0.05, 0) is 51.3 Å². The van der Waals surface area contributed by atoms with E-state index in [-0.39, 0.29) is 11.3 Å². The Labute approximate surface area is 130 Å². The summed E-state index contributed by atoms with van der Waals surface area (Å²) in [5, 5.41) is 1.82. The minimum atomic E-state index is -0.519. The first-order valence-corrected chi connectivity index (χ1v) is 7.36. The zero-order valence-corrected chi connectivity index (χ0v) is 12.9. The fraction of sp³-hybridized carbons (Fsp3) is 0.0556. The van der Waals surface area contributed by atoms with E-state index in [0.717, 1.165) is 16.3 Å². The zero-order chi connectivity index (χ0) is 15.0. The summed E-state index contributed by atoms with van der Waals surface area (Å²) in [5.41, 5.74) is 1.49. The van der Waals surface area contributed by atoms with Crippen molar-refractivity contribution in [3.05, 3.63) is 81.6 Å². The molecule has 21 heavy (non-hydrogen) atoms. The van der Waals surface area contributed by atoms with E-state index in [1.165, 1.54) is 6.07 Å². The van der Waals surface area contributed by atoms with Gasteiger partial charge in [-0.15, -0.1) is 0 Å². The summed E-state index contributed by atoms with van der Waals surface area (Å²) in [7, 11) is 0. The van der Waals surface area contributed by atoms with Crippen LogP contribution in [0.25, 0.3) is 10.8 Å². The molecule has 0 aliphatic rings. The summed E-state index contributed by atoms with van der Waals surface area (Å²) in [6.07, 6.45) is 0. The molecule has 0 amide bonds. The largest absolute Gasteiger partial charge is 0.288 e. The van der Waals surface area contributed by atoms with Gasteiger partial charge in [-0.2, -0.15) is 0 Å². The SMILES string of the molecule is Cc1ccc2ccccc2c1C(=O)c1cccc(Br)c1F. The highest BCUT2D eigenvalue weighted by Gasteiger charge is 2.19. The summed E-state index contributed by atoms with van der Waals surface area (Å²) in [6, 6.07) is 16.3. The Balaban J connectivity index is 2.27. The highest BCUT2D eigenvalue weighted by Crippen LogP contribution is 2.27. The highest BCUT2D eigenvalue weighted by molar-refractivity contribution is 9.10. The molecule has 1 nitrogen and oxygen atoms in total. The molecule has 104 valence electrons. The van der Waals surface area contributed by atoms with Gasteiger partial charge in [0, 0.05) is 5.56 Å². The standard InChI is InChI=1S/C18H12BrFO/c1-11-9-10-12-5-2-3-6-13(12)16(11)18(21)14-7-4-8-15(19)17(14)20/h2-10H,1H3. The molecule has 0 aliphatic carbocycles. The molecule has 0 saturated carbocycles. The lowest BCUT2D eigenvalue weighted by Gasteiger charge is -2.10. The average molecular weight is 343 g/mol. The molecule has 3 aromatic carbocycles. The van der Waals surface area contributed by atoms with E-state index >= 15 is 0 Å². The van der Waals surface area contributed by atoms with Gasteiger partial charge < -0.3 is 0 Å². The fourth-order valence-corrected chi connectivity index (χ4v) is 2.86. The van der Waals surface area contributed by atoms with Crippen molar-refractivity contribution in [1.29, 1.82) is 0 Å². The summed E-state index contributed by atoms with van der Waals surface area (Å²) >= 11 is 3.13. The molecule has 0 fully saturated rings. The van der Waals surface area contributed by atoms with Crippen molar-refractivity contribution < 1.29 is 9.18 Å². The van der Waals surface area contributed by atoms with Gasteiger partial charge in [-0.1, -0.05) is 42.5 Å². The third kappa shape index (κ3) is 2.38. The maximum atomic E-state index is 14.2. The van der Waals surface area contributed by atoms with Crippen molar-refractivity contribution >= 4 is 32.5 Å². The Bertz CT molecular complexity index is 855. The summed E-state index contributed by atoms with van der Waals surface area (Å²) in [6.45, 7) is 1.87. The van der Waals surface area contributed by atoms with Crippen LogP contribution < -0.4 is 0 Å². The quantitative estimate of drug-likeness (QED) is 0.579. The zero-order valence-electron chi connectivity index (χ0n) is 11.4. The van der Waals surface area contributed by atoms with Gasteiger partial charge in [0.2, 0.25) is 0 Å². The van der Waals surface area contributed by atoms with Crippen molar-refractivity contribution in [2.45, 2.75) is 6.92 Å². The van der Waals surface area contributed by atoms with Crippen LogP contribution in [0.3, 0.4) is 0 Å². The number of fused-ring (bicyclic) bond motifs is 1. The first kappa shape index (κ1) is 14.0. The lowest BCUT2D eigenvalue weighted by Crippen LogP contribution is -2.07. The first-order valence-electron chi connectivity index (χ1n) is 6.56. The number of ketones is 1. The molecule has 0 bridgehead atoms. The van der Waals surface area contributed by atoms with Crippen LogP contribution in [0.5, 0.6) is 0 Å². The molecule has 3 aromatic rings. The van der Waals surface area contributed by atoms with Crippen LogP contribution in [0.1, 0.15) is 21.5 Å². The lowest BCUT2D eigenvalue weighted by molar-refractivity contribution is 0.103. The van der Waals surface area contributed by atoms with Crippen molar-refractivity contribution in [1.82, 2.24) is 0 Å². The maximum Gasteiger partial charge on any atom is 0.196 e. The predicted octanol–water partition coefficient (Wildman–Crippen LogP) is 5.28. The molecule has 0 radical (unpaired) electrons. The van der Waals surface area contributed by atoms with E-state index in [0.29, 0.717) is 10.0 Å². The van der Waals surface area contributed by atoms with E-state index in [2.05, 4.69) is 15.9 Å². The molecule has 0 atom stereocenters. The molecule has 3 heteroatoms. The Morgan fingerprint density at radius 1 is 1.00 bits per heavy atom. The van der Waals surface area contributed by atoms with Gasteiger partial charge in [0.15, 0.2) is 5.78 Å². The Hall–Kier alpha value is -2.00. The monoisotopic (exact) mass is 342 g/mol. The van der Waals surface area contributed by atoms with Crippen LogP contribution in [0.4, 0.5) is 4.39 Å². The van der Waals surface area contributed by atoms with Crippen molar-refractivity contribution in [3.8, 4) is 0 Å². The van der Waals surface area contributed by atoms with E-state index in [4.69, 9.17) is 0 Å². The number of carbonyl (C=O) groups excluding carboxylic acids is 1. The second-order valence-corrected chi connectivity index (χ2v) is 5.76. The number of benzene rings is 3. The minimum absolute atomic E-state index is 0.0869. The van der Waals surface area contributed by atoms with Crippen LogP contribution >= 0.6 is 15.9 Å². The number of rotatable bonds is 2. The van der Waals surface area contributed by atoms with Crippen LogP contribution in [0, 0.1) is 12.7 Å². The normalized spacial score (nSPS) is 10.8. The van der Waals surface area contributed by atoms with Crippen molar-refractivity contribution in [3.63, 3.8) is 0 Å². The van der Waals surface area contributed by atoms with E-state index < -0.39 is 5.82 Å². The van der Waals surface area contributed by atoms with Gasteiger partial charge in [-0.3, -0.25) is 4.79 Å². The van der Waals surface area contributed by atoms with Crippen LogP contribution in [0.15, 0.2) is 59.1 Å². The molecule has 0 aromatic heterocycles. The topological polar surface area (TPSA) is 17.1 Å². The van der Waals surface area contributed by atoms with E-state index in [9.17, 15) is 9.18 Å². The predicted molar refractivity (Wildman–Crippen MR) is 86.2 cm³/mol. The maximum absolute atomic E-state index is 14.2. The Kier molecular flexibility index (Phi) is 3.60. The van der Waals surface area contributed by atoms with Crippen LogP contribution in [-0.2, 0) is 0 Å². The van der Waals surface area contributed by atoms with Crippen molar-refractivity contribution in [2.75, 3.05) is 0 Å². The molecule has 0 heterocycles. The lowest BCUT2D eigenvalue weighted by atomic mass is 9.93. The van der Waals surface area contributed by atoms with Crippen LogP contribution in [-0.4, -0.2) is 5.78 Å². The minimum Gasteiger partial charge on any atom is -0.288 e. The Morgan fingerprint density at radius 3 is 2.57 bits per heavy atom. The number of halogens is 2. The number of carbonyl (C=O) groups is 1. The first-order chi connectivity index (χ1) is 10.1. The number of hydrogen-bond donors (Lipinski definition) is 0. The Morgan fingerprint density at radius 2 is 1.76 bits per heavy atom. The van der Waals surface area contributed by atoms with Gasteiger partial charge in [0.1, 0.15) is 5.82 Å². The molecule has 0 saturated heterocycles. The van der Waals surface area contributed by atoms with Crippen LogP contribution in [0.2, 0.25) is 0 Å². The number of hydrogen-bond acceptors (Lipinski definition) is 1. The molecule has 3 rings (SSSR count). The molecule has 0 spiro atoms. The third-order valence-electron chi connectivity index (χ3n) is 3.56.